The van der Waals surface area contributed by atoms with Crippen molar-refractivity contribution in [3.63, 3.8) is 0 Å². The van der Waals surface area contributed by atoms with Crippen LogP contribution in [0.25, 0.3) is 10.8 Å². The fourth-order valence-electron chi connectivity index (χ4n) is 8.15. The van der Waals surface area contributed by atoms with Gasteiger partial charge in [-0.05, 0) is 71.5 Å². The molecule has 3 saturated heterocycles. The minimum atomic E-state index is -0.660. The van der Waals surface area contributed by atoms with Gasteiger partial charge in [0, 0.05) is 55.5 Å². The summed E-state index contributed by atoms with van der Waals surface area (Å²) in [6, 6.07) is 12.4. The van der Waals surface area contributed by atoms with Crippen molar-refractivity contribution in [1.29, 1.82) is 0 Å². The Balaban J connectivity index is 1.23. The van der Waals surface area contributed by atoms with Crippen LogP contribution in [0.5, 0.6) is 11.8 Å². The van der Waals surface area contributed by atoms with Crippen molar-refractivity contribution in [2.75, 3.05) is 70.6 Å². The van der Waals surface area contributed by atoms with Gasteiger partial charge in [-0.2, -0.15) is 9.97 Å². The lowest BCUT2D eigenvalue weighted by Gasteiger charge is -2.43. The molecule has 13 heteroatoms. The van der Waals surface area contributed by atoms with E-state index in [0.717, 1.165) is 65.2 Å². The van der Waals surface area contributed by atoms with Gasteiger partial charge >= 0.3 is 18.1 Å². The highest BCUT2D eigenvalue weighted by Crippen LogP contribution is 2.41. The Kier molecular flexibility index (Phi) is 9.86. The predicted molar refractivity (Wildman–Crippen MR) is 192 cm³/mol. The maximum absolute atomic E-state index is 13.5. The van der Waals surface area contributed by atoms with Gasteiger partial charge in [0.1, 0.15) is 23.8 Å². The largest absolute Gasteiger partial charge is 0.469 e. The highest BCUT2D eigenvalue weighted by molar-refractivity contribution is 5.96. The van der Waals surface area contributed by atoms with Crippen molar-refractivity contribution < 1.29 is 33.3 Å². The van der Waals surface area contributed by atoms with Gasteiger partial charge in [0.05, 0.1) is 37.4 Å². The van der Waals surface area contributed by atoms with Crippen LogP contribution in [0.15, 0.2) is 36.4 Å². The van der Waals surface area contributed by atoms with E-state index in [1.54, 1.807) is 12.0 Å². The number of fused-ring (bicyclic) bond motifs is 4. The first-order chi connectivity index (χ1) is 24.5. The summed E-state index contributed by atoms with van der Waals surface area (Å²) >= 11 is 0. The Morgan fingerprint density at radius 3 is 2.57 bits per heavy atom. The molecule has 274 valence electrons. The lowest BCUT2D eigenvalue weighted by molar-refractivity contribution is -0.146. The molecule has 4 aliphatic heterocycles. The number of ether oxygens (including phenoxy) is 5. The number of likely N-dealkylation sites (tertiary alicyclic amines) is 1. The fourth-order valence-corrected chi connectivity index (χ4v) is 8.15. The van der Waals surface area contributed by atoms with E-state index in [1.165, 1.54) is 7.11 Å². The Hall–Kier alpha value is -4.36. The molecule has 1 amide bonds. The smallest absolute Gasteiger partial charge is 0.410 e. The third-order valence-electron chi connectivity index (χ3n) is 10.6. The summed E-state index contributed by atoms with van der Waals surface area (Å²) in [4.78, 5) is 45.3. The molecule has 51 heavy (non-hydrogen) atoms. The molecule has 0 N–H and O–H groups in total. The molecule has 4 atom stereocenters. The summed E-state index contributed by atoms with van der Waals surface area (Å²) in [5.74, 6) is 0.774. The van der Waals surface area contributed by atoms with Crippen molar-refractivity contribution >= 4 is 34.3 Å². The van der Waals surface area contributed by atoms with Crippen LogP contribution in [0.4, 0.5) is 16.3 Å². The molecule has 7 rings (SSSR count). The summed E-state index contributed by atoms with van der Waals surface area (Å²) in [6.45, 7) is 9.49. The number of carbonyl (C=O) groups is 2. The molecule has 1 aromatic heterocycles. The molecule has 0 radical (unpaired) electrons. The van der Waals surface area contributed by atoms with Crippen LogP contribution in [0.2, 0.25) is 0 Å². The first-order valence-electron chi connectivity index (χ1n) is 18.0. The number of likely N-dealkylation sites (N-methyl/N-ethyl adjacent to an activating group) is 1. The van der Waals surface area contributed by atoms with E-state index >= 15 is 0 Å². The molecule has 4 aliphatic rings. The number of esters is 1. The summed E-state index contributed by atoms with van der Waals surface area (Å²) in [6.07, 6.45) is 3.01. The summed E-state index contributed by atoms with van der Waals surface area (Å²) in [5, 5.41) is 2.21. The number of carbonyl (C=O) groups excluding carboxylic acids is 2. The number of hydrogen-bond donors (Lipinski definition) is 0. The quantitative estimate of drug-likeness (QED) is 0.229. The molecule has 0 saturated carbocycles. The van der Waals surface area contributed by atoms with Gasteiger partial charge in [0.25, 0.3) is 0 Å². The molecule has 5 heterocycles. The zero-order valence-electron chi connectivity index (χ0n) is 30.6. The normalized spacial score (nSPS) is 23.4. The van der Waals surface area contributed by atoms with E-state index in [2.05, 4.69) is 46.0 Å². The molecule has 0 spiro atoms. The van der Waals surface area contributed by atoms with Crippen molar-refractivity contribution in [2.45, 2.75) is 76.7 Å². The van der Waals surface area contributed by atoms with E-state index in [1.807, 2.05) is 32.9 Å². The number of nitrogens with zero attached hydrogens (tertiary/aromatic N) is 6. The van der Waals surface area contributed by atoms with Gasteiger partial charge in [0.15, 0.2) is 6.79 Å². The first-order valence-corrected chi connectivity index (χ1v) is 18.0. The van der Waals surface area contributed by atoms with Crippen LogP contribution in [-0.2, 0) is 32.0 Å². The lowest BCUT2D eigenvalue weighted by atomic mass is 9.99. The standard InChI is InChI=1S/C38H50N6O7/c1-38(2,3)51-37(46)44-26-17-30(35(45)48-6)33(44)21-43(19-26)34-29-13-15-42(20-31(29)39-36(40-34)49-22-25-11-9-14-41(25)4)32-18-27(50-23-47-5)16-24-10-7-8-12-28(24)32/h7-8,10,12,16,18,25-26,30,33H,9,11,13-15,17,19-23H2,1-6H3/t25-,26-,30-,33-/m0/s1. The summed E-state index contributed by atoms with van der Waals surface area (Å²) in [7, 11) is 5.15. The number of anilines is 2. The number of rotatable bonds is 9. The second-order valence-electron chi connectivity index (χ2n) is 15.1. The number of piperazine rings is 1. The molecule has 13 nitrogen and oxygen atoms in total. The third kappa shape index (κ3) is 7.23. The van der Waals surface area contributed by atoms with E-state index in [4.69, 9.17) is 33.7 Å². The zero-order chi connectivity index (χ0) is 35.9. The topological polar surface area (TPSA) is 119 Å². The van der Waals surface area contributed by atoms with E-state index in [9.17, 15) is 9.59 Å². The van der Waals surface area contributed by atoms with Crippen LogP contribution in [0.3, 0.4) is 0 Å². The second-order valence-corrected chi connectivity index (χ2v) is 15.1. The van der Waals surface area contributed by atoms with Crippen molar-refractivity contribution in [3.05, 3.63) is 47.7 Å². The van der Waals surface area contributed by atoms with Gasteiger partial charge in [-0.1, -0.05) is 24.3 Å². The highest BCUT2D eigenvalue weighted by atomic mass is 16.7. The molecular weight excluding hydrogens is 652 g/mol. The lowest BCUT2D eigenvalue weighted by Crippen LogP contribution is -2.58. The zero-order valence-corrected chi connectivity index (χ0v) is 30.6. The molecule has 0 aliphatic carbocycles. The third-order valence-corrected chi connectivity index (χ3v) is 10.6. The van der Waals surface area contributed by atoms with Gasteiger partial charge in [-0.25, -0.2) is 4.79 Å². The highest BCUT2D eigenvalue weighted by Gasteiger charge is 2.53. The SMILES string of the molecule is COCOc1cc(N2CCc3c(nc(OC[C@@H]4CCCN4C)nc3N3C[C@@H]4C[C@H](C(=O)OC)[C@H](C3)N4C(=O)OC(C)(C)C)C2)c2ccccc2c1. The second kappa shape index (κ2) is 14.3. The van der Waals surface area contributed by atoms with Crippen molar-refractivity contribution in [1.82, 2.24) is 19.8 Å². The van der Waals surface area contributed by atoms with Crippen LogP contribution in [0, 0.1) is 5.92 Å². The van der Waals surface area contributed by atoms with E-state index in [0.29, 0.717) is 51.1 Å². The molecule has 0 unspecified atom stereocenters. The number of amides is 1. The Labute approximate surface area is 299 Å². The van der Waals surface area contributed by atoms with Crippen LogP contribution in [-0.4, -0.2) is 116 Å². The number of benzene rings is 2. The van der Waals surface area contributed by atoms with Crippen molar-refractivity contribution in [2.24, 2.45) is 5.92 Å². The van der Waals surface area contributed by atoms with E-state index in [-0.39, 0.29) is 18.8 Å². The van der Waals surface area contributed by atoms with Crippen molar-refractivity contribution in [3.8, 4) is 11.8 Å². The molecule has 3 aromatic rings. The van der Waals surface area contributed by atoms with Gasteiger partial charge < -0.3 is 38.4 Å². The molecule has 3 fully saturated rings. The van der Waals surface area contributed by atoms with Gasteiger partial charge in [-0.3, -0.25) is 9.69 Å². The van der Waals surface area contributed by atoms with Gasteiger partial charge in [-0.15, -0.1) is 0 Å². The molecule has 2 bridgehead atoms. The minimum absolute atomic E-state index is 0.161. The number of methoxy groups -OCH3 is 2. The monoisotopic (exact) mass is 702 g/mol. The Morgan fingerprint density at radius 2 is 1.82 bits per heavy atom. The van der Waals surface area contributed by atoms with Crippen LogP contribution in [0.1, 0.15) is 51.3 Å². The van der Waals surface area contributed by atoms with E-state index < -0.39 is 23.7 Å². The number of aromatic nitrogens is 2. The minimum Gasteiger partial charge on any atom is -0.469 e. The number of hydrogen-bond acceptors (Lipinski definition) is 12. The van der Waals surface area contributed by atoms with Crippen LogP contribution >= 0.6 is 0 Å². The molecular formula is C38H50N6O7. The Bertz CT molecular complexity index is 1760. The maximum atomic E-state index is 13.5. The fraction of sp³-hybridized carbons (Fsp3) is 0.579. The predicted octanol–water partition coefficient (Wildman–Crippen LogP) is 4.64. The summed E-state index contributed by atoms with van der Waals surface area (Å²) in [5.41, 5.74) is 2.36. The molecule has 2 aromatic carbocycles. The average molecular weight is 703 g/mol. The van der Waals surface area contributed by atoms with Crippen LogP contribution < -0.4 is 19.3 Å². The Morgan fingerprint density at radius 1 is 1.00 bits per heavy atom. The van der Waals surface area contributed by atoms with Gasteiger partial charge in [0.2, 0.25) is 0 Å². The first kappa shape index (κ1) is 35.1. The average Bonchev–Trinajstić information content (AvgIpc) is 3.63. The maximum Gasteiger partial charge on any atom is 0.410 e. The summed E-state index contributed by atoms with van der Waals surface area (Å²) < 4.78 is 28.5.